The summed E-state index contributed by atoms with van der Waals surface area (Å²) in [4.78, 5) is 9.56. The summed E-state index contributed by atoms with van der Waals surface area (Å²) in [6.07, 6.45) is 1.85. The van der Waals surface area contributed by atoms with E-state index >= 15 is 0 Å². The molecule has 7 aromatic rings. The lowest BCUT2D eigenvalue weighted by atomic mass is 9.80. The molecule has 0 N–H and O–H groups in total. The van der Waals surface area contributed by atoms with E-state index in [4.69, 9.17) is 9.72 Å². The third-order valence-corrected chi connectivity index (χ3v) is 10.6. The van der Waals surface area contributed by atoms with Gasteiger partial charge in [-0.05, 0) is 112 Å². The van der Waals surface area contributed by atoms with E-state index in [-0.39, 0.29) is 22.1 Å². The quantitative estimate of drug-likeness (QED) is 0.178. The Balaban J connectivity index is 1.16. The average molecular weight is 717 g/mol. The van der Waals surface area contributed by atoms with E-state index < -0.39 is 0 Å². The van der Waals surface area contributed by atoms with Crippen LogP contribution in [-0.4, -0.2) is 16.2 Å². The summed E-state index contributed by atoms with van der Waals surface area (Å²) in [7, 11) is 0. The highest BCUT2D eigenvalue weighted by molar-refractivity contribution is 6.09. The Morgan fingerprint density at radius 2 is 1.19 bits per heavy atom. The number of benzene rings is 5. The normalized spacial score (nSPS) is 13.6. The summed E-state index contributed by atoms with van der Waals surface area (Å²) in [5.74, 6) is 1.93. The van der Waals surface area contributed by atoms with E-state index in [9.17, 15) is 4.39 Å². The van der Waals surface area contributed by atoms with Crippen LogP contribution < -0.4 is 14.5 Å². The maximum atomic E-state index is 14.6. The van der Waals surface area contributed by atoms with Crippen LogP contribution in [0.4, 0.5) is 27.1 Å². The van der Waals surface area contributed by atoms with Gasteiger partial charge in [-0.25, -0.2) is 9.37 Å². The fourth-order valence-electron chi connectivity index (χ4n) is 7.43. The SMILES string of the molecule is CC(C)(C)c1cc(N2CN(c3cccc(Oc4ccc5c6cc(F)ccc6n(-c6cc(C(C)(C)C)ccn6)c5c4)c3)c3ccccc32)cc(C(C)(C)C)c1. The number of anilines is 4. The van der Waals surface area contributed by atoms with Crippen LogP contribution in [0.15, 0.2) is 121 Å². The Morgan fingerprint density at radius 3 is 1.85 bits per heavy atom. The molecule has 0 fully saturated rings. The molecule has 0 bridgehead atoms. The van der Waals surface area contributed by atoms with Crippen LogP contribution in [0, 0.1) is 5.82 Å². The average Bonchev–Trinajstić information content (AvgIpc) is 3.66. The molecule has 0 saturated heterocycles. The molecule has 1 aliphatic rings. The number of aromatic nitrogens is 2. The largest absolute Gasteiger partial charge is 0.457 e. The molecule has 0 radical (unpaired) electrons. The molecule has 0 aliphatic carbocycles. The van der Waals surface area contributed by atoms with Crippen LogP contribution in [0.1, 0.15) is 79.0 Å². The Morgan fingerprint density at radius 1 is 0.537 bits per heavy atom. The first-order valence-corrected chi connectivity index (χ1v) is 18.8. The molecular formula is C48H49FN4O. The molecule has 274 valence electrons. The van der Waals surface area contributed by atoms with Crippen molar-refractivity contribution in [2.45, 2.75) is 78.6 Å². The summed E-state index contributed by atoms with van der Waals surface area (Å²) in [5, 5.41) is 1.77. The first kappa shape index (κ1) is 35.4. The molecule has 0 saturated carbocycles. The van der Waals surface area contributed by atoms with Gasteiger partial charge >= 0.3 is 0 Å². The highest BCUT2D eigenvalue weighted by Gasteiger charge is 2.30. The maximum absolute atomic E-state index is 14.6. The van der Waals surface area contributed by atoms with Gasteiger partial charge in [0.05, 0.1) is 22.4 Å². The van der Waals surface area contributed by atoms with Crippen molar-refractivity contribution in [1.82, 2.24) is 9.55 Å². The topological polar surface area (TPSA) is 33.5 Å². The van der Waals surface area contributed by atoms with Gasteiger partial charge in [-0.1, -0.05) is 86.6 Å². The molecule has 0 atom stereocenters. The van der Waals surface area contributed by atoms with E-state index in [2.05, 4.69) is 143 Å². The molecule has 54 heavy (non-hydrogen) atoms. The van der Waals surface area contributed by atoms with Gasteiger partial charge in [0, 0.05) is 40.5 Å². The zero-order chi connectivity index (χ0) is 38.2. The monoisotopic (exact) mass is 716 g/mol. The zero-order valence-corrected chi connectivity index (χ0v) is 32.8. The first-order valence-electron chi connectivity index (χ1n) is 18.8. The van der Waals surface area contributed by atoms with Crippen molar-refractivity contribution < 1.29 is 9.13 Å². The second-order valence-corrected chi connectivity index (χ2v) is 17.7. The standard InChI is InChI=1S/C48H49FN4O/c1-46(2,3)31-21-22-50-45(26-31)53-41-20-17-34(49)27-40(41)39-19-18-38(29-44(39)53)54-37-14-12-13-35(28-37)51-30-52(43-16-11-10-15-42(43)51)36-24-32(47(4,5)6)23-33(25-36)48(7,8)9/h10-29H,30H2,1-9H3. The Bertz CT molecular complexity index is 2510. The molecule has 2 aromatic heterocycles. The summed E-state index contributed by atoms with van der Waals surface area (Å²) in [6.45, 7) is 21.0. The zero-order valence-electron chi connectivity index (χ0n) is 32.8. The number of rotatable bonds is 5. The minimum atomic E-state index is -0.270. The summed E-state index contributed by atoms with van der Waals surface area (Å²) >= 11 is 0. The van der Waals surface area contributed by atoms with Gasteiger partial charge in [0.25, 0.3) is 0 Å². The number of halogens is 1. The van der Waals surface area contributed by atoms with Crippen molar-refractivity contribution in [3.8, 4) is 17.3 Å². The van der Waals surface area contributed by atoms with Crippen LogP contribution in [0.5, 0.6) is 11.5 Å². The van der Waals surface area contributed by atoms with Crippen molar-refractivity contribution in [3.63, 3.8) is 0 Å². The minimum Gasteiger partial charge on any atom is -0.457 e. The third kappa shape index (κ3) is 6.48. The first-order chi connectivity index (χ1) is 25.5. The lowest BCUT2D eigenvalue weighted by Gasteiger charge is -2.29. The van der Waals surface area contributed by atoms with Gasteiger partial charge in [0.2, 0.25) is 0 Å². The smallest absolute Gasteiger partial charge is 0.137 e. The number of hydrogen-bond acceptors (Lipinski definition) is 4. The molecule has 5 nitrogen and oxygen atoms in total. The van der Waals surface area contributed by atoms with E-state index in [1.807, 2.05) is 42.6 Å². The van der Waals surface area contributed by atoms with Crippen LogP contribution in [0.3, 0.4) is 0 Å². The second kappa shape index (κ2) is 12.8. The molecule has 0 spiro atoms. The van der Waals surface area contributed by atoms with Crippen LogP contribution in [-0.2, 0) is 16.2 Å². The molecule has 0 unspecified atom stereocenters. The van der Waals surface area contributed by atoms with Gasteiger partial charge in [-0.15, -0.1) is 0 Å². The summed E-state index contributed by atoms with van der Waals surface area (Å²) in [6, 6.07) is 39.2. The van der Waals surface area contributed by atoms with Crippen LogP contribution in [0.25, 0.3) is 27.6 Å². The van der Waals surface area contributed by atoms with Gasteiger partial charge in [0.1, 0.15) is 29.8 Å². The predicted octanol–water partition coefficient (Wildman–Crippen LogP) is 13.2. The molecule has 3 heterocycles. The molecule has 8 rings (SSSR count). The number of para-hydroxylation sites is 2. The van der Waals surface area contributed by atoms with Crippen molar-refractivity contribution in [2.24, 2.45) is 0 Å². The highest BCUT2D eigenvalue weighted by atomic mass is 19.1. The van der Waals surface area contributed by atoms with E-state index in [1.54, 1.807) is 6.07 Å². The Hall–Kier alpha value is -5.62. The van der Waals surface area contributed by atoms with Gasteiger partial charge in [-0.2, -0.15) is 0 Å². The van der Waals surface area contributed by atoms with Crippen molar-refractivity contribution in [2.75, 3.05) is 16.5 Å². The Kier molecular flexibility index (Phi) is 8.37. The van der Waals surface area contributed by atoms with Crippen molar-refractivity contribution >= 4 is 44.6 Å². The lowest BCUT2D eigenvalue weighted by Crippen LogP contribution is -2.25. The van der Waals surface area contributed by atoms with Gasteiger partial charge < -0.3 is 14.5 Å². The van der Waals surface area contributed by atoms with Crippen molar-refractivity contribution in [1.29, 1.82) is 0 Å². The maximum Gasteiger partial charge on any atom is 0.137 e. The van der Waals surface area contributed by atoms with Gasteiger partial charge in [0.15, 0.2) is 0 Å². The number of nitrogens with zero attached hydrogens (tertiary/aromatic N) is 4. The lowest BCUT2D eigenvalue weighted by molar-refractivity contribution is 0.483. The highest BCUT2D eigenvalue weighted by Crippen LogP contribution is 2.46. The fourth-order valence-corrected chi connectivity index (χ4v) is 7.43. The predicted molar refractivity (Wildman–Crippen MR) is 223 cm³/mol. The van der Waals surface area contributed by atoms with Crippen LogP contribution >= 0.6 is 0 Å². The second-order valence-electron chi connectivity index (χ2n) is 17.7. The summed E-state index contributed by atoms with van der Waals surface area (Å²) in [5.41, 5.74) is 10.2. The number of hydrogen-bond donors (Lipinski definition) is 0. The van der Waals surface area contributed by atoms with E-state index in [0.29, 0.717) is 12.4 Å². The number of pyridine rings is 1. The van der Waals surface area contributed by atoms with E-state index in [1.165, 1.54) is 34.1 Å². The van der Waals surface area contributed by atoms with Crippen LogP contribution in [0.2, 0.25) is 0 Å². The van der Waals surface area contributed by atoms with Gasteiger partial charge in [-0.3, -0.25) is 4.57 Å². The molecule has 1 aliphatic heterocycles. The number of fused-ring (bicyclic) bond motifs is 4. The summed E-state index contributed by atoms with van der Waals surface area (Å²) < 4.78 is 23.4. The molecule has 5 aromatic carbocycles. The molecule has 6 heteroatoms. The van der Waals surface area contributed by atoms with Crippen molar-refractivity contribution in [3.05, 3.63) is 144 Å². The number of ether oxygens (including phenoxy) is 1. The minimum absolute atomic E-state index is 0.0150. The fraction of sp³-hybridized carbons (Fsp3) is 0.271. The molecular weight excluding hydrogens is 668 g/mol. The van der Waals surface area contributed by atoms with E-state index in [0.717, 1.165) is 44.7 Å². The Labute approximate surface area is 318 Å². The molecule has 0 amide bonds. The third-order valence-electron chi connectivity index (χ3n) is 10.6.